The van der Waals surface area contributed by atoms with Crippen molar-refractivity contribution in [3.05, 3.63) is 23.8 Å². The lowest BCUT2D eigenvalue weighted by molar-refractivity contribution is 0.424. The molecule has 54 valence electrons. The van der Waals surface area contributed by atoms with Gasteiger partial charge in [0.15, 0.2) is 6.26 Å². The topological polar surface area (TPSA) is 38.3 Å². The van der Waals surface area contributed by atoms with Crippen molar-refractivity contribution in [2.75, 3.05) is 0 Å². The molecule has 0 atom stereocenters. The van der Waals surface area contributed by atoms with Crippen LogP contribution in [0.4, 0.5) is 0 Å². The lowest BCUT2D eigenvalue weighted by Crippen LogP contribution is -1.92. The van der Waals surface area contributed by atoms with Crippen molar-refractivity contribution in [2.45, 2.75) is 6.54 Å². The average molecular weight is 157 g/mol. The summed E-state index contributed by atoms with van der Waals surface area (Å²) in [5, 5.41) is 9.02. The van der Waals surface area contributed by atoms with Gasteiger partial charge < -0.3 is 9.52 Å². The van der Waals surface area contributed by atoms with E-state index >= 15 is 0 Å². The van der Waals surface area contributed by atoms with Gasteiger partial charge in [-0.25, -0.2) is 0 Å². The van der Waals surface area contributed by atoms with Gasteiger partial charge >= 0.3 is 0 Å². The Balaban J connectivity index is 3.10. The van der Waals surface area contributed by atoms with Crippen LogP contribution in [-0.2, 0) is 6.54 Å². The summed E-state index contributed by atoms with van der Waals surface area (Å²) in [6.07, 6.45) is 2.83. The molecule has 4 heteroatoms. The molecule has 1 aromatic rings. The van der Waals surface area contributed by atoms with E-state index in [2.05, 4.69) is 6.58 Å². The van der Waals surface area contributed by atoms with Crippen LogP contribution in [0.2, 0.25) is 0 Å². The molecule has 0 aromatic carbocycles. The van der Waals surface area contributed by atoms with E-state index in [4.69, 9.17) is 21.7 Å². The number of hydrogen-bond donors (Lipinski definition) is 1. The molecule has 0 saturated heterocycles. The number of nitrogens with zero attached hydrogens (tertiary/aromatic N) is 1. The summed E-state index contributed by atoms with van der Waals surface area (Å²) in [7, 11) is 0. The number of aromatic nitrogens is 1. The van der Waals surface area contributed by atoms with Crippen molar-refractivity contribution in [1.82, 2.24) is 4.57 Å². The van der Waals surface area contributed by atoms with E-state index in [0.29, 0.717) is 6.54 Å². The molecule has 1 aromatic heterocycles. The average Bonchev–Trinajstić information content (AvgIpc) is 2.20. The van der Waals surface area contributed by atoms with Crippen LogP contribution >= 0.6 is 12.2 Å². The number of aromatic hydroxyl groups is 1. The predicted octanol–water partition coefficient (Wildman–Crippen LogP) is 1.70. The van der Waals surface area contributed by atoms with Crippen molar-refractivity contribution < 1.29 is 9.52 Å². The Bertz CT molecular complexity index is 286. The fraction of sp³-hybridized carbons (Fsp3) is 0.167. The van der Waals surface area contributed by atoms with Gasteiger partial charge in [-0.15, -0.1) is 6.58 Å². The highest BCUT2D eigenvalue weighted by Gasteiger charge is 1.99. The largest absolute Gasteiger partial charge is 0.492 e. The van der Waals surface area contributed by atoms with Gasteiger partial charge in [-0.2, -0.15) is 0 Å². The molecule has 1 heterocycles. The van der Waals surface area contributed by atoms with Gasteiger partial charge in [0.2, 0.25) is 5.88 Å². The van der Waals surface area contributed by atoms with Crippen molar-refractivity contribution in [1.29, 1.82) is 0 Å². The van der Waals surface area contributed by atoms with Crippen molar-refractivity contribution in [3.63, 3.8) is 0 Å². The van der Waals surface area contributed by atoms with Gasteiger partial charge in [0.25, 0.3) is 4.84 Å². The lowest BCUT2D eigenvalue weighted by Gasteiger charge is -1.94. The molecule has 0 spiro atoms. The predicted molar refractivity (Wildman–Crippen MR) is 39.4 cm³/mol. The molecule has 0 aliphatic rings. The van der Waals surface area contributed by atoms with Crippen molar-refractivity contribution >= 4 is 12.2 Å². The van der Waals surface area contributed by atoms with Crippen LogP contribution in [0.25, 0.3) is 0 Å². The summed E-state index contributed by atoms with van der Waals surface area (Å²) in [6.45, 7) is 3.97. The number of hydrogen-bond acceptors (Lipinski definition) is 3. The summed E-state index contributed by atoms with van der Waals surface area (Å²) in [5.41, 5.74) is 0. The number of allylic oxidation sites excluding steroid dienone is 1. The smallest absolute Gasteiger partial charge is 0.271 e. The number of oxazole rings is 1. The quantitative estimate of drug-likeness (QED) is 0.524. The SMILES string of the molecule is C=CCn1c(O)coc1=S. The lowest BCUT2D eigenvalue weighted by atomic mass is 10.6. The van der Waals surface area contributed by atoms with E-state index in [0.717, 1.165) is 0 Å². The van der Waals surface area contributed by atoms with Gasteiger partial charge in [0.1, 0.15) is 0 Å². The first kappa shape index (κ1) is 7.08. The van der Waals surface area contributed by atoms with Gasteiger partial charge in [-0.3, -0.25) is 4.57 Å². The monoisotopic (exact) mass is 157 g/mol. The molecule has 0 fully saturated rings. The van der Waals surface area contributed by atoms with Crippen molar-refractivity contribution in [3.8, 4) is 5.88 Å². The first-order valence-electron chi connectivity index (χ1n) is 2.74. The second-order valence-corrected chi connectivity index (χ2v) is 2.11. The fourth-order valence-corrected chi connectivity index (χ4v) is 0.837. The zero-order valence-electron chi connectivity index (χ0n) is 5.28. The van der Waals surface area contributed by atoms with Crippen LogP contribution in [0.3, 0.4) is 0 Å². The highest BCUT2D eigenvalue weighted by molar-refractivity contribution is 7.71. The van der Waals surface area contributed by atoms with Crippen molar-refractivity contribution in [2.24, 2.45) is 0 Å². The highest BCUT2D eigenvalue weighted by Crippen LogP contribution is 2.10. The van der Waals surface area contributed by atoms with Gasteiger partial charge in [-0.05, 0) is 12.2 Å². The Morgan fingerprint density at radius 2 is 2.60 bits per heavy atom. The zero-order valence-corrected chi connectivity index (χ0v) is 6.10. The summed E-state index contributed by atoms with van der Waals surface area (Å²) in [5.74, 6) is 0.0323. The Kier molecular flexibility index (Phi) is 1.91. The summed E-state index contributed by atoms with van der Waals surface area (Å²) in [6, 6.07) is 0. The minimum absolute atomic E-state index is 0.0323. The van der Waals surface area contributed by atoms with Crippen LogP contribution in [0.5, 0.6) is 5.88 Å². The maximum absolute atomic E-state index is 9.02. The molecule has 0 aliphatic carbocycles. The third-order valence-corrected chi connectivity index (χ3v) is 1.39. The normalized spacial score (nSPS) is 9.60. The molecule has 10 heavy (non-hydrogen) atoms. The Labute approximate surface area is 63.2 Å². The van der Waals surface area contributed by atoms with E-state index in [1.54, 1.807) is 6.08 Å². The summed E-state index contributed by atoms with van der Waals surface area (Å²) < 4.78 is 6.16. The fourth-order valence-electron chi connectivity index (χ4n) is 0.621. The number of rotatable bonds is 2. The molecule has 0 saturated carbocycles. The van der Waals surface area contributed by atoms with Gasteiger partial charge in [0.05, 0.1) is 0 Å². The molecule has 0 amide bonds. The second kappa shape index (κ2) is 2.70. The third kappa shape index (κ3) is 1.11. The first-order valence-corrected chi connectivity index (χ1v) is 3.14. The van der Waals surface area contributed by atoms with E-state index in [-0.39, 0.29) is 10.7 Å². The third-order valence-electron chi connectivity index (χ3n) is 1.07. The molecule has 3 nitrogen and oxygen atoms in total. The van der Waals surface area contributed by atoms with E-state index in [1.165, 1.54) is 10.8 Å². The minimum Gasteiger partial charge on any atom is -0.492 e. The minimum atomic E-state index is 0.0323. The molecule has 0 radical (unpaired) electrons. The zero-order chi connectivity index (χ0) is 7.56. The van der Waals surface area contributed by atoms with Crippen LogP contribution in [0.1, 0.15) is 0 Å². The molecule has 0 unspecified atom stereocenters. The Morgan fingerprint density at radius 3 is 3.00 bits per heavy atom. The molecule has 0 bridgehead atoms. The van der Waals surface area contributed by atoms with E-state index < -0.39 is 0 Å². The maximum atomic E-state index is 9.02. The molecular weight excluding hydrogens is 150 g/mol. The van der Waals surface area contributed by atoms with Crippen LogP contribution < -0.4 is 0 Å². The Hall–Kier alpha value is -1.03. The molecule has 1 rings (SSSR count). The van der Waals surface area contributed by atoms with Crippen LogP contribution in [-0.4, -0.2) is 9.67 Å². The molecular formula is C6H7NO2S. The molecule has 0 aliphatic heterocycles. The van der Waals surface area contributed by atoms with E-state index in [1.807, 2.05) is 0 Å². The first-order chi connectivity index (χ1) is 4.75. The summed E-state index contributed by atoms with van der Waals surface area (Å²) in [4.78, 5) is 0.261. The maximum Gasteiger partial charge on any atom is 0.271 e. The Morgan fingerprint density at radius 1 is 1.90 bits per heavy atom. The summed E-state index contributed by atoms with van der Waals surface area (Å²) >= 11 is 4.73. The van der Waals surface area contributed by atoms with Gasteiger partial charge in [-0.1, -0.05) is 6.08 Å². The van der Waals surface area contributed by atoms with Gasteiger partial charge in [0, 0.05) is 6.54 Å². The highest BCUT2D eigenvalue weighted by atomic mass is 32.1. The van der Waals surface area contributed by atoms with Crippen LogP contribution in [0, 0.1) is 4.84 Å². The molecule has 1 N–H and O–H groups in total. The van der Waals surface area contributed by atoms with Crippen LogP contribution in [0.15, 0.2) is 23.3 Å². The second-order valence-electron chi connectivity index (χ2n) is 1.76. The van der Waals surface area contributed by atoms with E-state index in [9.17, 15) is 0 Å². The standard InChI is InChI=1S/C6H7NO2S/c1-2-3-7-5(8)4-9-6(7)10/h2,4,8H,1,3H2.